The minimum atomic E-state index is 0. The summed E-state index contributed by atoms with van der Waals surface area (Å²) in [5, 5.41) is 3.63. The lowest BCUT2D eigenvalue weighted by Crippen LogP contribution is -2.49. The highest BCUT2D eigenvalue weighted by molar-refractivity contribution is 14.0. The van der Waals surface area contributed by atoms with Crippen molar-refractivity contribution in [3.63, 3.8) is 0 Å². The van der Waals surface area contributed by atoms with Crippen molar-refractivity contribution in [1.82, 2.24) is 24.7 Å². The molecule has 3 atom stereocenters. The van der Waals surface area contributed by atoms with Gasteiger partial charge in [-0.1, -0.05) is 13.8 Å². The van der Waals surface area contributed by atoms with Crippen molar-refractivity contribution in [3.8, 4) is 0 Å². The standard InChI is InChI=1S/C18H32N6.HI/c1-4-22-8-6-16(12-22)11-21-18(19-3)23-9-5-15(2)17(13-23)24-10-7-20-14-24;/h7,10,14-17H,4-6,8-9,11-13H2,1-3H3,(H,19,21);1H. The van der Waals surface area contributed by atoms with Crippen LogP contribution in [-0.2, 0) is 0 Å². The number of imidazole rings is 1. The predicted molar refractivity (Wildman–Crippen MR) is 114 cm³/mol. The molecule has 2 fully saturated rings. The van der Waals surface area contributed by atoms with E-state index in [0.717, 1.165) is 31.5 Å². The third-order valence-corrected chi connectivity index (χ3v) is 5.70. The fourth-order valence-corrected chi connectivity index (χ4v) is 4.03. The summed E-state index contributed by atoms with van der Waals surface area (Å²) in [6, 6.07) is 0.474. The lowest BCUT2D eigenvalue weighted by Gasteiger charge is -2.39. The summed E-state index contributed by atoms with van der Waals surface area (Å²) in [4.78, 5) is 13.7. The molecule has 0 radical (unpaired) electrons. The van der Waals surface area contributed by atoms with Crippen LogP contribution in [0.5, 0.6) is 0 Å². The Bertz CT molecular complexity index is 532. The van der Waals surface area contributed by atoms with E-state index >= 15 is 0 Å². The number of nitrogens with one attached hydrogen (secondary N) is 1. The fraction of sp³-hybridized carbons (Fsp3) is 0.778. The molecule has 2 saturated heterocycles. The first-order chi connectivity index (χ1) is 11.7. The molecular formula is C18H33IN6. The minimum Gasteiger partial charge on any atom is -0.356 e. The molecule has 25 heavy (non-hydrogen) atoms. The smallest absolute Gasteiger partial charge is 0.193 e. The second-order valence-electron chi connectivity index (χ2n) is 7.27. The number of nitrogens with zero attached hydrogens (tertiary/aromatic N) is 5. The maximum absolute atomic E-state index is 4.55. The Kier molecular flexibility index (Phi) is 7.99. The van der Waals surface area contributed by atoms with E-state index < -0.39 is 0 Å². The lowest BCUT2D eigenvalue weighted by molar-refractivity contribution is 0.188. The van der Waals surface area contributed by atoms with Gasteiger partial charge >= 0.3 is 0 Å². The van der Waals surface area contributed by atoms with Crippen LogP contribution in [0.25, 0.3) is 0 Å². The minimum absolute atomic E-state index is 0. The molecule has 0 bridgehead atoms. The van der Waals surface area contributed by atoms with Gasteiger partial charge in [0, 0.05) is 45.6 Å². The van der Waals surface area contributed by atoms with Crippen molar-refractivity contribution in [3.05, 3.63) is 18.7 Å². The van der Waals surface area contributed by atoms with E-state index in [9.17, 15) is 0 Å². The number of aromatic nitrogens is 2. The fourth-order valence-electron chi connectivity index (χ4n) is 4.03. The molecule has 0 aliphatic carbocycles. The Hall–Kier alpha value is -0.830. The molecule has 1 N–H and O–H groups in total. The molecule has 6 nitrogen and oxygen atoms in total. The Morgan fingerprint density at radius 3 is 2.76 bits per heavy atom. The second kappa shape index (κ2) is 9.75. The molecule has 7 heteroatoms. The zero-order chi connectivity index (χ0) is 16.9. The third kappa shape index (κ3) is 5.09. The van der Waals surface area contributed by atoms with Crippen molar-refractivity contribution in [2.24, 2.45) is 16.8 Å². The third-order valence-electron chi connectivity index (χ3n) is 5.70. The van der Waals surface area contributed by atoms with Gasteiger partial charge in [0.2, 0.25) is 0 Å². The molecule has 0 spiro atoms. The first kappa shape index (κ1) is 20.5. The van der Waals surface area contributed by atoms with Crippen molar-refractivity contribution in [1.29, 1.82) is 0 Å². The quantitative estimate of drug-likeness (QED) is 0.426. The van der Waals surface area contributed by atoms with Crippen LogP contribution >= 0.6 is 24.0 Å². The van der Waals surface area contributed by atoms with Gasteiger partial charge in [-0.25, -0.2) is 4.98 Å². The molecule has 3 heterocycles. The average molecular weight is 460 g/mol. The molecule has 3 rings (SSSR count). The van der Waals surface area contributed by atoms with Crippen LogP contribution in [0.1, 0.15) is 32.7 Å². The SMILES string of the molecule is CCN1CCC(CNC(=NC)N2CCC(C)C(n3ccnc3)C2)C1.I. The summed E-state index contributed by atoms with van der Waals surface area (Å²) in [5.41, 5.74) is 0. The van der Waals surface area contributed by atoms with Crippen molar-refractivity contribution in [2.45, 2.75) is 32.7 Å². The Morgan fingerprint density at radius 2 is 2.12 bits per heavy atom. The van der Waals surface area contributed by atoms with E-state index in [2.05, 4.69) is 49.7 Å². The van der Waals surface area contributed by atoms with Gasteiger partial charge in [0.25, 0.3) is 0 Å². The average Bonchev–Trinajstić information content (AvgIpc) is 3.28. The Morgan fingerprint density at radius 1 is 1.28 bits per heavy atom. The van der Waals surface area contributed by atoms with Crippen LogP contribution in [0, 0.1) is 11.8 Å². The highest BCUT2D eigenvalue weighted by Gasteiger charge is 2.29. The van der Waals surface area contributed by atoms with E-state index in [0.29, 0.717) is 12.0 Å². The molecular weight excluding hydrogens is 427 g/mol. The van der Waals surface area contributed by atoms with Gasteiger partial charge in [0.1, 0.15) is 0 Å². The van der Waals surface area contributed by atoms with Crippen LogP contribution in [0.2, 0.25) is 0 Å². The molecule has 0 aromatic carbocycles. The highest BCUT2D eigenvalue weighted by atomic mass is 127. The number of hydrogen-bond acceptors (Lipinski definition) is 3. The number of aliphatic imine (C=N–C) groups is 1. The van der Waals surface area contributed by atoms with Gasteiger partial charge in [-0.05, 0) is 37.8 Å². The van der Waals surface area contributed by atoms with Gasteiger partial charge in [0.15, 0.2) is 5.96 Å². The largest absolute Gasteiger partial charge is 0.356 e. The molecule has 2 aliphatic rings. The molecule has 2 aliphatic heterocycles. The zero-order valence-electron chi connectivity index (χ0n) is 15.8. The van der Waals surface area contributed by atoms with Gasteiger partial charge in [-0.2, -0.15) is 0 Å². The second-order valence-corrected chi connectivity index (χ2v) is 7.27. The first-order valence-electron chi connectivity index (χ1n) is 9.36. The number of rotatable bonds is 4. The topological polar surface area (TPSA) is 48.7 Å². The van der Waals surface area contributed by atoms with E-state index in [-0.39, 0.29) is 24.0 Å². The van der Waals surface area contributed by atoms with Crippen LogP contribution in [-0.4, -0.2) is 71.6 Å². The molecule has 1 aromatic rings. The zero-order valence-corrected chi connectivity index (χ0v) is 18.1. The summed E-state index contributed by atoms with van der Waals surface area (Å²) in [5.74, 6) is 2.47. The number of halogens is 1. The molecule has 3 unspecified atom stereocenters. The maximum Gasteiger partial charge on any atom is 0.193 e. The van der Waals surface area contributed by atoms with E-state index in [1.165, 1.54) is 32.5 Å². The van der Waals surface area contributed by atoms with Crippen LogP contribution in [0.3, 0.4) is 0 Å². The predicted octanol–water partition coefficient (Wildman–Crippen LogP) is 2.30. The number of hydrogen-bond donors (Lipinski definition) is 1. The number of piperidine rings is 1. The molecule has 0 saturated carbocycles. The molecule has 142 valence electrons. The first-order valence-corrected chi connectivity index (χ1v) is 9.36. The van der Waals surface area contributed by atoms with E-state index in [4.69, 9.17) is 0 Å². The van der Waals surface area contributed by atoms with Crippen LogP contribution in [0.4, 0.5) is 0 Å². The summed E-state index contributed by atoms with van der Waals surface area (Å²) in [7, 11) is 1.90. The van der Waals surface area contributed by atoms with E-state index in [1.54, 1.807) is 0 Å². The van der Waals surface area contributed by atoms with Gasteiger partial charge < -0.3 is 19.7 Å². The maximum atomic E-state index is 4.55. The van der Waals surface area contributed by atoms with Gasteiger partial charge in [-0.3, -0.25) is 4.99 Å². The van der Waals surface area contributed by atoms with Gasteiger partial charge in [-0.15, -0.1) is 24.0 Å². The van der Waals surface area contributed by atoms with E-state index in [1.807, 2.05) is 19.6 Å². The molecule has 1 aromatic heterocycles. The normalized spacial score (nSPS) is 28.0. The number of likely N-dealkylation sites (tertiary alicyclic amines) is 2. The Balaban J connectivity index is 0.00000225. The monoisotopic (exact) mass is 460 g/mol. The van der Waals surface area contributed by atoms with Crippen LogP contribution in [0.15, 0.2) is 23.7 Å². The summed E-state index contributed by atoms with van der Waals surface area (Å²) < 4.78 is 2.25. The van der Waals surface area contributed by atoms with Crippen molar-refractivity contribution >= 4 is 29.9 Å². The van der Waals surface area contributed by atoms with Crippen molar-refractivity contribution in [2.75, 3.05) is 46.3 Å². The van der Waals surface area contributed by atoms with Crippen LogP contribution < -0.4 is 5.32 Å². The Labute approximate surface area is 169 Å². The summed E-state index contributed by atoms with van der Waals surface area (Å²) >= 11 is 0. The summed E-state index contributed by atoms with van der Waals surface area (Å²) in [6.07, 6.45) is 8.39. The molecule has 0 amide bonds. The summed E-state index contributed by atoms with van der Waals surface area (Å²) in [6.45, 7) is 11.3. The number of guanidine groups is 1. The lowest BCUT2D eigenvalue weighted by atomic mass is 9.93. The van der Waals surface area contributed by atoms with Gasteiger partial charge in [0.05, 0.1) is 12.4 Å². The highest BCUT2D eigenvalue weighted by Crippen LogP contribution is 2.27. The van der Waals surface area contributed by atoms with Crippen molar-refractivity contribution < 1.29 is 0 Å².